The molecule has 0 spiro atoms. The van der Waals surface area contributed by atoms with Crippen molar-refractivity contribution in [1.29, 1.82) is 0 Å². The standard InChI is InChI=1S/C24H32N4O/c1-17(29)10-11-20-21(25-2)12-13-22-24(20)27-23(15-18-7-4-3-5-8-18)28(22)19-9-6-14-26-16-19/h3-5,7-8,12-13,17,19,25-26,29H,6,9-11,14-16H2,1-2H3. The van der Waals surface area contributed by atoms with Gasteiger partial charge in [0, 0.05) is 37.3 Å². The maximum atomic E-state index is 9.85. The number of nitrogens with one attached hydrogen (secondary N) is 2. The molecule has 2 atom stereocenters. The van der Waals surface area contributed by atoms with Gasteiger partial charge in [0.2, 0.25) is 0 Å². The number of aromatic nitrogens is 2. The summed E-state index contributed by atoms with van der Waals surface area (Å²) in [5, 5.41) is 16.7. The summed E-state index contributed by atoms with van der Waals surface area (Å²) in [5.41, 5.74) is 5.89. The Labute approximate surface area is 173 Å². The van der Waals surface area contributed by atoms with Crippen LogP contribution in [0.5, 0.6) is 0 Å². The normalized spacial score (nSPS) is 18.1. The first-order valence-corrected chi connectivity index (χ1v) is 10.8. The monoisotopic (exact) mass is 392 g/mol. The summed E-state index contributed by atoms with van der Waals surface area (Å²) in [6.07, 6.45) is 4.44. The second-order valence-corrected chi connectivity index (χ2v) is 8.16. The molecule has 2 heterocycles. The van der Waals surface area contributed by atoms with Crippen LogP contribution >= 0.6 is 0 Å². The van der Waals surface area contributed by atoms with Gasteiger partial charge in [0.15, 0.2) is 0 Å². The molecule has 1 fully saturated rings. The molecule has 29 heavy (non-hydrogen) atoms. The van der Waals surface area contributed by atoms with Crippen LogP contribution in [-0.2, 0) is 12.8 Å². The third-order valence-corrected chi connectivity index (χ3v) is 5.96. The Morgan fingerprint density at radius 3 is 2.76 bits per heavy atom. The Balaban J connectivity index is 1.83. The fraction of sp³-hybridized carbons (Fsp3) is 0.458. The molecule has 0 amide bonds. The molecular formula is C24H32N4O. The van der Waals surface area contributed by atoms with Crippen LogP contribution in [0.2, 0.25) is 0 Å². The van der Waals surface area contributed by atoms with Gasteiger partial charge in [-0.2, -0.15) is 0 Å². The fourth-order valence-electron chi connectivity index (χ4n) is 4.47. The predicted octanol–water partition coefficient (Wildman–Crippen LogP) is 3.91. The molecule has 2 unspecified atom stereocenters. The second-order valence-electron chi connectivity index (χ2n) is 8.16. The number of hydrogen-bond acceptors (Lipinski definition) is 4. The van der Waals surface area contributed by atoms with Crippen molar-refractivity contribution in [1.82, 2.24) is 14.9 Å². The second kappa shape index (κ2) is 8.97. The van der Waals surface area contributed by atoms with E-state index in [1.165, 1.54) is 29.5 Å². The van der Waals surface area contributed by atoms with E-state index in [0.717, 1.165) is 49.4 Å². The fourth-order valence-corrected chi connectivity index (χ4v) is 4.47. The van der Waals surface area contributed by atoms with Crippen LogP contribution in [0.3, 0.4) is 0 Å². The highest BCUT2D eigenvalue weighted by Crippen LogP contribution is 2.32. The lowest BCUT2D eigenvalue weighted by atomic mass is 10.0. The Hall–Kier alpha value is -2.37. The van der Waals surface area contributed by atoms with Crippen molar-refractivity contribution in [2.45, 2.75) is 51.2 Å². The Bertz CT molecular complexity index is 942. The molecule has 1 aliphatic rings. The number of aliphatic hydroxyl groups excluding tert-OH is 1. The number of imidazole rings is 1. The summed E-state index contributed by atoms with van der Waals surface area (Å²) < 4.78 is 2.47. The van der Waals surface area contributed by atoms with Crippen LogP contribution in [0.25, 0.3) is 11.0 Å². The third kappa shape index (κ3) is 4.31. The topological polar surface area (TPSA) is 62.1 Å². The zero-order chi connectivity index (χ0) is 20.2. The molecule has 5 heteroatoms. The smallest absolute Gasteiger partial charge is 0.114 e. The summed E-state index contributed by atoms with van der Waals surface area (Å²) in [5.74, 6) is 1.13. The molecular weight excluding hydrogens is 360 g/mol. The Morgan fingerprint density at radius 2 is 2.07 bits per heavy atom. The van der Waals surface area contributed by atoms with Crippen molar-refractivity contribution in [2.24, 2.45) is 0 Å². The van der Waals surface area contributed by atoms with Crippen molar-refractivity contribution in [3.63, 3.8) is 0 Å². The van der Waals surface area contributed by atoms with Gasteiger partial charge >= 0.3 is 0 Å². The van der Waals surface area contributed by atoms with Gasteiger partial charge in [-0.1, -0.05) is 30.3 Å². The van der Waals surface area contributed by atoms with E-state index in [-0.39, 0.29) is 6.10 Å². The summed E-state index contributed by atoms with van der Waals surface area (Å²) in [7, 11) is 1.96. The summed E-state index contributed by atoms with van der Waals surface area (Å²) >= 11 is 0. The number of aliphatic hydroxyl groups is 1. The lowest BCUT2D eigenvalue weighted by Gasteiger charge is -2.26. The lowest BCUT2D eigenvalue weighted by Crippen LogP contribution is -2.32. The average molecular weight is 393 g/mol. The highest BCUT2D eigenvalue weighted by molar-refractivity contribution is 5.85. The van der Waals surface area contributed by atoms with E-state index in [0.29, 0.717) is 6.04 Å². The summed E-state index contributed by atoms with van der Waals surface area (Å²) in [4.78, 5) is 5.18. The summed E-state index contributed by atoms with van der Waals surface area (Å²) in [6.45, 7) is 3.94. The molecule has 3 N–H and O–H groups in total. The molecule has 0 bridgehead atoms. The van der Waals surface area contributed by atoms with Gasteiger partial charge in [-0.3, -0.25) is 0 Å². The quantitative estimate of drug-likeness (QED) is 0.571. The Kier molecular flexibility index (Phi) is 6.16. The zero-order valence-electron chi connectivity index (χ0n) is 17.5. The van der Waals surface area contributed by atoms with Gasteiger partial charge in [-0.05, 0) is 56.8 Å². The van der Waals surface area contributed by atoms with E-state index in [2.05, 4.69) is 57.7 Å². The van der Waals surface area contributed by atoms with Crippen LogP contribution in [0.4, 0.5) is 5.69 Å². The lowest BCUT2D eigenvalue weighted by molar-refractivity contribution is 0.185. The van der Waals surface area contributed by atoms with Gasteiger partial charge in [-0.25, -0.2) is 4.98 Å². The zero-order valence-corrected chi connectivity index (χ0v) is 17.5. The van der Waals surface area contributed by atoms with E-state index >= 15 is 0 Å². The number of anilines is 1. The number of aryl methyl sites for hydroxylation is 1. The molecule has 4 rings (SSSR count). The number of rotatable bonds is 7. The van der Waals surface area contributed by atoms with Crippen molar-refractivity contribution in [2.75, 3.05) is 25.5 Å². The van der Waals surface area contributed by atoms with Crippen LogP contribution < -0.4 is 10.6 Å². The molecule has 2 aromatic carbocycles. The third-order valence-electron chi connectivity index (χ3n) is 5.96. The van der Waals surface area contributed by atoms with Gasteiger partial charge in [0.05, 0.1) is 17.1 Å². The first kappa shape index (κ1) is 19.9. The van der Waals surface area contributed by atoms with E-state index in [9.17, 15) is 5.11 Å². The van der Waals surface area contributed by atoms with Crippen molar-refractivity contribution < 1.29 is 5.11 Å². The van der Waals surface area contributed by atoms with E-state index in [1.54, 1.807) is 0 Å². The van der Waals surface area contributed by atoms with Gasteiger partial charge in [0.25, 0.3) is 0 Å². The van der Waals surface area contributed by atoms with Crippen LogP contribution in [-0.4, -0.2) is 40.9 Å². The first-order valence-electron chi connectivity index (χ1n) is 10.8. The van der Waals surface area contributed by atoms with E-state index in [4.69, 9.17) is 4.98 Å². The number of hydrogen-bond donors (Lipinski definition) is 3. The Morgan fingerprint density at radius 1 is 1.24 bits per heavy atom. The van der Waals surface area contributed by atoms with Crippen LogP contribution in [0, 0.1) is 0 Å². The number of fused-ring (bicyclic) bond motifs is 1. The van der Waals surface area contributed by atoms with Crippen molar-refractivity contribution in [3.05, 3.63) is 59.4 Å². The highest BCUT2D eigenvalue weighted by atomic mass is 16.3. The van der Waals surface area contributed by atoms with Crippen LogP contribution in [0.1, 0.15) is 49.2 Å². The molecule has 3 aromatic rings. The number of benzene rings is 2. The molecule has 0 saturated carbocycles. The average Bonchev–Trinajstić information content (AvgIpc) is 3.11. The molecule has 154 valence electrons. The van der Waals surface area contributed by atoms with Crippen LogP contribution in [0.15, 0.2) is 42.5 Å². The molecule has 1 saturated heterocycles. The minimum atomic E-state index is -0.316. The molecule has 0 radical (unpaired) electrons. The molecule has 5 nitrogen and oxygen atoms in total. The number of nitrogens with zero attached hydrogens (tertiary/aromatic N) is 2. The van der Waals surface area contributed by atoms with Gasteiger partial charge < -0.3 is 20.3 Å². The largest absolute Gasteiger partial charge is 0.393 e. The van der Waals surface area contributed by atoms with Crippen molar-refractivity contribution in [3.8, 4) is 0 Å². The minimum absolute atomic E-state index is 0.316. The molecule has 1 aliphatic heterocycles. The van der Waals surface area contributed by atoms with Crippen molar-refractivity contribution >= 4 is 16.7 Å². The van der Waals surface area contributed by atoms with E-state index in [1.807, 2.05) is 14.0 Å². The highest BCUT2D eigenvalue weighted by Gasteiger charge is 2.23. The van der Waals surface area contributed by atoms with E-state index < -0.39 is 0 Å². The minimum Gasteiger partial charge on any atom is -0.393 e. The van der Waals surface area contributed by atoms with Gasteiger partial charge in [-0.15, -0.1) is 0 Å². The molecule has 1 aromatic heterocycles. The maximum absolute atomic E-state index is 9.85. The van der Waals surface area contributed by atoms with Gasteiger partial charge in [0.1, 0.15) is 5.82 Å². The molecule has 0 aliphatic carbocycles. The number of piperidine rings is 1. The maximum Gasteiger partial charge on any atom is 0.114 e. The predicted molar refractivity (Wildman–Crippen MR) is 120 cm³/mol. The summed E-state index contributed by atoms with van der Waals surface area (Å²) in [6, 6.07) is 15.4. The first-order chi connectivity index (χ1) is 14.2. The SMILES string of the molecule is CNc1ccc2c(nc(Cc3ccccc3)n2C2CCCNC2)c1CCC(C)O.